The Labute approximate surface area is 118 Å². The molecule has 18 heavy (non-hydrogen) atoms. The fourth-order valence-corrected chi connectivity index (χ4v) is 2.96. The van der Waals surface area contributed by atoms with Crippen LogP contribution >= 0.6 is 23.7 Å². The molecule has 6 heteroatoms. The average Bonchev–Trinajstić information content (AvgIpc) is 2.88. The molecule has 2 rings (SSSR count). The third kappa shape index (κ3) is 3.02. The lowest BCUT2D eigenvalue weighted by Gasteiger charge is -2.22. The van der Waals surface area contributed by atoms with Gasteiger partial charge in [-0.3, -0.25) is 4.79 Å². The topological polar surface area (TPSA) is 59.2 Å². The molecule has 1 aromatic heterocycles. The minimum Gasteiger partial charge on any atom is -0.334 e. The third-order valence-electron chi connectivity index (χ3n) is 3.53. The molecule has 0 bridgehead atoms. The van der Waals surface area contributed by atoms with Gasteiger partial charge in [0, 0.05) is 24.4 Å². The number of likely N-dealkylation sites (tertiary alicyclic amines) is 1. The smallest absolute Gasteiger partial charge is 0.273 e. The zero-order chi connectivity index (χ0) is 12.4. The predicted molar refractivity (Wildman–Crippen MR) is 76.4 cm³/mol. The van der Waals surface area contributed by atoms with Crippen LogP contribution < -0.4 is 5.73 Å². The number of hydrogen-bond donors (Lipinski definition) is 1. The number of carbonyl (C=O) groups is 1. The zero-order valence-corrected chi connectivity index (χ0v) is 12.4. The van der Waals surface area contributed by atoms with Crippen LogP contribution in [0.1, 0.15) is 35.8 Å². The molecule has 0 aliphatic carbocycles. The first-order valence-electron chi connectivity index (χ1n) is 6.09. The molecule has 1 aromatic rings. The summed E-state index contributed by atoms with van der Waals surface area (Å²) in [4.78, 5) is 18.5. The lowest BCUT2D eigenvalue weighted by molar-refractivity contribution is 0.0729. The summed E-state index contributed by atoms with van der Waals surface area (Å²) < 4.78 is 0. The first-order valence-corrected chi connectivity index (χ1v) is 6.97. The van der Waals surface area contributed by atoms with Gasteiger partial charge in [0.15, 0.2) is 0 Å². The van der Waals surface area contributed by atoms with Crippen LogP contribution in [-0.4, -0.2) is 34.9 Å². The van der Waals surface area contributed by atoms with Crippen molar-refractivity contribution in [2.24, 2.45) is 11.7 Å². The molecule has 0 spiro atoms. The van der Waals surface area contributed by atoms with Gasteiger partial charge in [-0.15, -0.1) is 23.7 Å². The van der Waals surface area contributed by atoms with E-state index >= 15 is 0 Å². The van der Waals surface area contributed by atoms with Gasteiger partial charge < -0.3 is 10.6 Å². The maximum absolute atomic E-state index is 12.3. The van der Waals surface area contributed by atoms with Gasteiger partial charge in [-0.25, -0.2) is 4.98 Å². The van der Waals surface area contributed by atoms with Crippen molar-refractivity contribution >= 4 is 29.7 Å². The van der Waals surface area contributed by atoms with E-state index in [2.05, 4.69) is 18.8 Å². The fraction of sp³-hybridized carbons (Fsp3) is 0.667. The summed E-state index contributed by atoms with van der Waals surface area (Å²) in [5, 5.41) is 2.80. The average molecular weight is 290 g/mol. The highest BCUT2D eigenvalue weighted by Crippen LogP contribution is 2.25. The van der Waals surface area contributed by atoms with Gasteiger partial charge in [0.05, 0.1) is 5.01 Å². The lowest BCUT2D eigenvalue weighted by atomic mass is 10.1. The number of halogens is 1. The van der Waals surface area contributed by atoms with Crippen molar-refractivity contribution in [2.45, 2.75) is 32.7 Å². The number of aromatic nitrogens is 1. The number of hydrogen-bond acceptors (Lipinski definition) is 4. The minimum absolute atomic E-state index is 0. The molecular weight excluding hydrogens is 270 g/mol. The molecule has 0 aromatic carbocycles. The first-order chi connectivity index (χ1) is 8.13. The Bertz CT molecular complexity index is 410. The van der Waals surface area contributed by atoms with Crippen molar-refractivity contribution in [3.63, 3.8) is 0 Å². The highest BCUT2D eigenvalue weighted by Gasteiger charge is 2.32. The molecule has 1 saturated heterocycles. The van der Waals surface area contributed by atoms with Crippen LogP contribution in [0.25, 0.3) is 0 Å². The predicted octanol–water partition coefficient (Wildman–Crippen LogP) is 1.94. The fourth-order valence-electron chi connectivity index (χ4n) is 2.18. The van der Waals surface area contributed by atoms with Crippen LogP contribution in [0.15, 0.2) is 5.38 Å². The van der Waals surface area contributed by atoms with Gasteiger partial charge in [0.1, 0.15) is 5.69 Å². The van der Waals surface area contributed by atoms with E-state index in [1.165, 1.54) is 11.3 Å². The second-order valence-electron chi connectivity index (χ2n) is 4.67. The Morgan fingerprint density at radius 2 is 2.33 bits per heavy atom. The molecule has 2 heterocycles. The SMILES string of the molecule is CC1CCN(C(=O)c2csc(CCN)n2)C1C.Cl. The standard InChI is InChI=1S/C12H19N3OS.ClH/c1-8-4-6-15(9(8)2)12(16)10-7-17-11(14-10)3-5-13;/h7-9H,3-6,13H2,1-2H3;1H. The van der Waals surface area contributed by atoms with Crippen molar-refractivity contribution in [3.8, 4) is 0 Å². The van der Waals surface area contributed by atoms with Gasteiger partial charge in [-0.1, -0.05) is 6.92 Å². The molecule has 1 aliphatic rings. The summed E-state index contributed by atoms with van der Waals surface area (Å²) in [6, 6.07) is 0.321. The molecule has 2 unspecified atom stereocenters. The van der Waals surface area contributed by atoms with Crippen molar-refractivity contribution in [1.29, 1.82) is 0 Å². The monoisotopic (exact) mass is 289 g/mol. The van der Waals surface area contributed by atoms with Gasteiger partial charge in [0.2, 0.25) is 0 Å². The van der Waals surface area contributed by atoms with E-state index in [4.69, 9.17) is 5.73 Å². The molecule has 102 valence electrons. The maximum Gasteiger partial charge on any atom is 0.273 e. The van der Waals surface area contributed by atoms with Gasteiger partial charge in [0.25, 0.3) is 5.91 Å². The molecule has 1 fully saturated rings. The second-order valence-corrected chi connectivity index (χ2v) is 5.61. The summed E-state index contributed by atoms with van der Waals surface area (Å²) in [7, 11) is 0. The van der Waals surface area contributed by atoms with Crippen LogP contribution in [0.2, 0.25) is 0 Å². The molecule has 2 N–H and O–H groups in total. The molecular formula is C12H20ClN3OS. The summed E-state index contributed by atoms with van der Waals surface area (Å²) in [5.74, 6) is 0.655. The third-order valence-corrected chi connectivity index (χ3v) is 4.44. The molecule has 0 radical (unpaired) electrons. The van der Waals surface area contributed by atoms with Crippen molar-refractivity contribution in [3.05, 3.63) is 16.1 Å². The molecule has 0 saturated carbocycles. The molecule has 1 aliphatic heterocycles. The van der Waals surface area contributed by atoms with E-state index in [9.17, 15) is 4.79 Å². The van der Waals surface area contributed by atoms with Gasteiger partial charge >= 0.3 is 0 Å². The van der Waals surface area contributed by atoms with E-state index in [-0.39, 0.29) is 18.3 Å². The number of amides is 1. The van der Waals surface area contributed by atoms with Crippen LogP contribution in [-0.2, 0) is 6.42 Å². The molecule has 1 amide bonds. The number of thiazole rings is 1. The Hall–Kier alpha value is -0.650. The van der Waals surface area contributed by atoms with Gasteiger partial charge in [-0.2, -0.15) is 0 Å². The Morgan fingerprint density at radius 1 is 1.61 bits per heavy atom. The normalized spacial score (nSPS) is 22.9. The Morgan fingerprint density at radius 3 is 2.89 bits per heavy atom. The van der Waals surface area contributed by atoms with E-state index in [1.54, 1.807) is 0 Å². The minimum atomic E-state index is 0. The van der Waals surface area contributed by atoms with E-state index in [0.29, 0.717) is 24.2 Å². The van der Waals surface area contributed by atoms with E-state index in [0.717, 1.165) is 24.4 Å². The zero-order valence-electron chi connectivity index (χ0n) is 10.8. The number of carbonyl (C=O) groups excluding carboxylic acids is 1. The van der Waals surface area contributed by atoms with Crippen LogP contribution in [0.4, 0.5) is 0 Å². The first kappa shape index (κ1) is 15.4. The lowest BCUT2D eigenvalue weighted by Crippen LogP contribution is -2.35. The number of nitrogens with zero attached hydrogens (tertiary/aromatic N) is 2. The summed E-state index contributed by atoms with van der Waals surface area (Å²) in [5.41, 5.74) is 6.06. The highest BCUT2D eigenvalue weighted by atomic mass is 35.5. The quantitative estimate of drug-likeness (QED) is 0.925. The largest absolute Gasteiger partial charge is 0.334 e. The van der Waals surface area contributed by atoms with Crippen LogP contribution in [0.5, 0.6) is 0 Å². The summed E-state index contributed by atoms with van der Waals surface area (Å²) in [6.07, 6.45) is 1.84. The number of nitrogens with two attached hydrogens (primary N) is 1. The number of rotatable bonds is 3. The van der Waals surface area contributed by atoms with Crippen LogP contribution in [0, 0.1) is 5.92 Å². The Balaban J connectivity index is 0.00000162. The maximum atomic E-state index is 12.3. The van der Waals surface area contributed by atoms with Crippen molar-refractivity contribution in [2.75, 3.05) is 13.1 Å². The summed E-state index contributed by atoms with van der Waals surface area (Å²) in [6.45, 7) is 5.74. The van der Waals surface area contributed by atoms with Crippen molar-refractivity contribution in [1.82, 2.24) is 9.88 Å². The van der Waals surface area contributed by atoms with E-state index < -0.39 is 0 Å². The van der Waals surface area contributed by atoms with E-state index in [1.807, 2.05) is 10.3 Å². The summed E-state index contributed by atoms with van der Waals surface area (Å²) >= 11 is 1.52. The highest BCUT2D eigenvalue weighted by molar-refractivity contribution is 7.09. The van der Waals surface area contributed by atoms with Gasteiger partial charge in [-0.05, 0) is 25.8 Å². The molecule has 2 atom stereocenters. The van der Waals surface area contributed by atoms with Crippen LogP contribution in [0.3, 0.4) is 0 Å². The second kappa shape index (κ2) is 6.50. The Kier molecular flexibility index (Phi) is 5.56. The van der Waals surface area contributed by atoms with Crippen molar-refractivity contribution < 1.29 is 4.79 Å². The molecule has 4 nitrogen and oxygen atoms in total.